The van der Waals surface area contributed by atoms with E-state index < -0.39 is 0 Å². The van der Waals surface area contributed by atoms with Crippen molar-refractivity contribution in [1.29, 1.82) is 0 Å². The zero-order valence-corrected chi connectivity index (χ0v) is 18.2. The molecule has 0 N–H and O–H groups in total. The number of benzene rings is 2. The summed E-state index contributed by atoms with van der Waals surface area (Å²) in [5, 5.41) is 4.54. The Morgan fingerprint density at radius 3 is 2.62 bits per heavy atom. The molecule has 0 radical (unpaired) electrons. The largest absolute Gasteiger partial charge is 0.383 e. The first-order valence-corrected chi connectivity index (χ1v) is 11.1. The number of carbonyl (C=O) groups excluding carboxylic acids is 1. The Kier molecular flexibility index (Phi) is 5.53. The molecule has 1 aliphatic rings. The number of piperidine rings is 1. The van der Waals surface area contributed by atoms with E-state index in [1.165, 1.54) is 10.2 Å². The molecule has 1 aliphatic heterocycles. The first-order chi connectivity index (χ1) is 15.7. The molecule has 2 aromatic heterocycles. The highest BCUT2D eigenvalue weighted by molar-refractivity contribution is 5.81. The number of rotatable bonds is 6. The molecule has 166 valence electrons. The van der Waals surface area contributed by atoms with E-state index in [1.54, 1.807) is 11.5 Å². The molecule has 1 unspecified atom stereocenters. The van der Waals surface area contributed by atoms with Crippen LogP contribution in [0.4, 0.5) is 0 Å². The fraction of sp³-hybridized carbons (Fsp3) is 0.375. The van der Waals surface area contributed by atoms with E-state index >= 15 is 0 Å². The average Bonchev–Trinajstić information content (AvgIpc) is 3.32. The second-order valence-electron chi connectivity index (χ2n) is 8.30. The summed E-state index contributed by atoms with van der Waals surface area (Å²) >= 11 is 0. The lowest BCUT2D eigenvalue weighted by atomic mass is 9.90. The van der Waals surface area contributed by atoms with Crippen LogP contribution >= 0.6 is 0 Å². The minimum atomic E-state index is -0.294. The normalized spacial score (nSPS) is 16.8. The number of amides is 1. The minimum absolute atomic E-state index is 0.0549. The van der Waals surface area contributed by atoms with Gasteiger partial charge in [-0.1, -0.05) is 42.5 Å². The van der Waals surface area contributed by atoms with Gasteiger partial charge in [-0.15, -0.1) is 5.10 Å². The van der Waals surface area contributed by atoms with Gasteiger partial charge in [-0.25, -0.2) is 13.9 Å². The number of hydrogen-bond donors (Lipinski definition) is 0. The van der Waals surface area contributed by atoms with Gasteiger partial charge in [0.05, 0.1) is 17.6 Å². The lowest BCUT2D eigenvalue weighted by Crippen LogP contribution is -2.42. The van der Waals surface area contributed by atoms with E-state index in [4.69, 9.17) is 4.74 Å². The Hall–Kier alpha value is -3.39. The number of para-hydroxylation sites is 2. The molecule has 32 heavy (non-hydrogen) atoms. The summed E-state index contributed by atoms with van der Waals surface area (Å²) in [6.45, 7) is 2.41. The van der Waals surface area contributed by atoms with Crippen molar-refractivity contribution in [1.82, 2.24) is 23.6 Å². The zero-order chi connectivity index (χ0) is 22.1. The molecule has 0 bridgehead atoms. The number of carbonyl (C=O) groups is 1. The first-order valence-electron chi connectivity index (χ1n) is 11.1. The fourth-order valence-corrected chi connectivity index (χ4v) is 4.71. The van der Waals surface area contributed by atoms with Crippen molar-refractivity contribution in [2.24, 2.45) is 0 Å². The third-order valence-electron chi connectivity index (χ3n) is 6.33. The smallest absolute Gasteiger partial charge is 0.352 e. The highest BCUT2D eigenvalue weighted by Crippen LogP contribution is 2.27. The van der Waals surface area contributed by atoms with Crippen molar-refractivity contribution in [3.63, 3.8) is 0 Å². The maximum Gasteiger partial charge on any atom is 0.352 e. The van der Waals surface area contributed by atoms with Crippen LogP contribution in [0.5, 0.6) is 0 Å². The van der Waals surface area contributed by atoms with Crippen LogP contribution in [0.3, 0.4) is 0 Å². The molecule has 1 fully saturated rings. The van der Waals surface area contributed by atoms with Gasteiger partial charge in [0.2, 0.25) is 11.7 Å². The maximum absolute atomic E-state index is 13.2. The van der Waals surface area contributed by atoms with Gasteiger partial charge in [0.1, 0.15) is 6.54 Å². The number of ether oxygens (including phenoxy) is 1. The number of hydrogen-bond acceptors (Lipinski definition) is 4. The molecule has 1 saturated heterocycles. The van der Waals surface area contributed by atoms with Crippen molar-refractivity contribution >= 4 is 22.7 Å². The molecule has 8 heteroatoms. The molecule has 0 aliphatic carbocycles. The molecular formula is C24H27N5O3. The van der Waals surface area contributed by atoms with Crippen LogP contribution < -0.4 is 5.69 Å². The summed E-state index contributed by atoms with van der Waals surface area (Å²) in [5.74, 6) is 0.789. The summed E-state index contributed by atoms with van der Waals surface area (Å²) < 4.78 is 10.1. The summed E-state index contributed by atoms with van der Waals surface area (Å²) in [6, 6.07) is 18.0. The molecule has 0 saturated carbocycles. The third kappa shape index (κ3) is 3.60. The van der Waals surface area contributed by atoms with Crippen LogP contribution in [-0.4, -0.2) is 56.4 Å². The Labute approximate surface area is 185 Å². The number of aromatic nitrogens is 4. The van der Waals surface area contributed by atoms with Gasteiger partial charge in [0.25, 0.3) is 0 Å². The second kappa shape index (κ2) is 8.63. The Morgan fingerprint density at radius 2 is 1.84 bits per heavy atom. The van der Waals surface area contributed by atoms with E-state index in [1.807, 2.05) is 51.9 Å². The second-order valence-corrected chi connectivity index (χ2v) is 8.30. The molecule has 1 amide bonds. The van der Waals surface area contributed by atoms with Crippen molar-refractivity contribution in [2.45, 2.75) is 31.8 Å². The highest BCUT2D eigenvalue weighted by atomic mass is 16.5. The summed E-state index contributed by atoms with van der Waals surface area (Å²) in [5.41, 5.74) is 2.67. The number of likely N-dealkylation sites (tertiary alicyclic amines) is 1. The van der Waals surface area contributed by atoms with Crippen LogP contribution in [0.1, 0.15) is 24.3 Å². The average molecular weight is 434 g/mol. The summed E-state index contributed by atoms with van der Waals surface area (Å²) in [7, 11) is 1.65. The summed E-state index contributed by atoms with van der Waals surface area (Å²) in [6.07, 6.45) is 2.02. The van der Waals surface area contributed by atoms with E-state index in [-0.39, 0.29) is 18.1 Å². The zero-order valence-electron chi connectivity index (χ0n) is 18.2. The highest BCUT2D eigenvalue weighted by Gasteiger charge is 2.26. The topological polar surface area (TPSA) is 73.8 Å². The van der Waals surface area contributed by atoms with Crippen LogP contribution in [0.2, 0.25) is 0 Å². The predicted octanol–water partition coefficient (Wildman–Crippen LogP) is 2.50. The molecule has 4 aromatic rings. The van der Waals surface area contributed by atoms with Crippen LogP contribution in [0, 0.1) is 0 Å². The third-order valence-corrected chi connectivity index (χ3v) is 6.33. The van der Waals surface area contributed by atoms with Gasteiger partial charge in [0.15, 0.2) is 0 Å². The predicted molar refractivity (Wildman–Crippen MR) is 122 cm³/mol. The maximum atomic E-state index is 13.2. The lowest BCUT2D eigenvalue weighted by molar-refractivity contribution is -0.133. The SMILES string of the molecule is COCCn1c2ccccc2n2c(=O)n(CC(=O)N3CCCC(c4ccccc4)C3)nc12. The van der Waals surface area contributed by atoms with Gasteiger partial charge in [0, 0.05) is 32.7 Å². The van der Waals surface area contributed by atoms with Crippen molar-refractivity contribution in [2.75, 3.05) is 26.8 Å². The van der Waals surface area contributed by atoms with Crippen LogP contribution in [0.15, 0.2) is 59.4 Å². The molecular weight excluding hydrogens is 406 g/mol. The Balaban J connectivity index is 1.42. The van der Waals surface area contributed by atoms with Gasteiger partial charge in [-0.3, -0.25) is 4.79 Å². The van der Waals surface area contributed by atoms with E-state index in [9.17, 15) is 9.59 Å². The number of methoxy groups -OCH3 is 1. The van der Waals surface area contributed by atoms with Crippen LogP contribution in [-0.2, 0) is 22.6 Å². The molecule has 8 nitrogen and oxygen atoms in total. The van der Waals surface area contributed by atoms with Gasteiger partial charge in [-0.2, -0.15) is 0 Å². The van der Waals surface area contributed by atoms with Crippen molar-refractivity contribution in [3.8, 4) is 0 Å². The molecule has 0 spiro atoms. The van der Waals surface area contributed by atoms with Crippen molar-refractivity contribution in [3.05, 3.63) is 70.6 Å². The number of imidazole rings is 1. The number of nitrogens with zero attached hydrogens (tertiary/aromatic N) is 5. The lowest BCUT2D eigenvalue weighted by Gasteiger charge is -2.33. The van der Waals surface area contributed by atoms with E-state index in [0.717, 1.165) is 23.9 Å². The quantitative estimate of drug-likeness (QED) is 0.468. The molecule has 1 atom stereocenters. The number of fused-ring (bicyclic) bond motifs is 3. The van der Waals surface area contributed by atoms with Gasteiger partial charge >= 0.3 is 5.69 Å². The van der Waals surface area contributed by atoms with Crippen molar-refractivity contribution < 1.29 is 9.53 Å². The van der Waals surface area contributed by atoms with Gasteiger partial charge in [-0.05, 0) is 30.5 Å². The summed E-state index contributed by atoms with van der Waals surface area (Å²) in [4.78, 5) is 28.2. The van der Waals surface area contributed by atoms with Gasteiger partial charge < -0.3 is 14.2 Å². The molecule has 2 aromatic carbocycles. The van der Waals surface area contributed by atoms with Crippen LogP contribution in [0.25, 0.3) is 16.8 Å². The molecule has 3 heterocycles. The van der Waals surface area contributed by atoms with E-state index in [0.29, 0.717) is 37.9 Å². The Morgan fingerprint density at radius 1 is 1.09 bits per heavy atom. The minimum Gasteiger partial charge on any atom is -0.383 e. The fourth-order valence-electron chi connectivity index (χ4n) is 4.71. The standard InChI is InChI=1S/C24H27N5O3/c1-32-15-14-27-20-11-5-6-12-21(20)29-23(27)25-28(24(29)31)17-22(30)26-13-7-10-19(16-26)18-8-3-2-4-9-18/h2-6,8-9,11-12,19H,7,10,13-17H2,1H3. The van der Waals surface area contributed by atoms with E-state index in [2.05, 4.69) is 17.2 Å². The first kappa shape index (κ1) is 20.5. The Bertz CT molecular complexity index is 1300. The monoisotopic (exact) mass is 433 g/mol. The molecule has 5 rings (SSSR count).